The summed E-state index contributed by atoms with van der Waals surface area (Å²) in [6.45, 7) is 0.0220. The first kappa shape index (κ1) is 16.4. The zero-order valence-electron chi connectivity index (χ0n) is 13.4. The average Bonchev–Trinajstić information content (AvgIpc) is 2.95. The topological polar surface area (TPSA) is 68.5 Å². The number of hydrogen-bond donors (Lipinski definition) is 0. The van der Waals surface area contributed by atoms with Gasteiger partial charge < -0.3 is 14.2 Å². The fourth-order valence-electron chi connectivity index (χ4n) is 2.53. The molecular formula is C16H17F2N3O3. The zero-order valence-corrected chi connectivity index (χ0v) is 13.4. The van der Waals surface area contributed by atoms with Crippen LogP contribution < -0.4 is 4.74 Å². The first-order valence-electron chi connectivity index (χ1n) is 7.61. The molecule has 0 saturated heterocycles. The van der Waals surface area contributed by atoms with E-state index in [1.165, 1.54) is 25.1 Å². The molecule has 1 saturated carbocycles. The molecule has 1 aromatic heterocycles. The molecule has 24 heavy (non-hydrogen) atoms. The van der Waals surface area contributed by atoms with Gasteiger partial charge in [-0.15, -0.1) is 0 Å². The van der Waals surface area contributed by atoms with Crippen molar-refractivity contribution in [3.05, 3.63) is 41.0 Å². The SMILES string of the molecule is COc1ccc(F)c(F)c1C(=O)N(C)Cc1noc(C2CCC2)n1. The van der Waals surface area contributed by atoms with Crippen molar-refractivity contribution in [3.8, 4) is 5.75 Å². The van der Waals surface area contributed by atoms with E-state index in [2.05, 4.69) is 10.1 Å². The van der Waals surface area contributed by atoms with E-state index in [0.717, 1.165) is 25.3 Å². The van der Waals surface area contributed by atoms with E-state index < -0.39 is 23.1 Å². The van der Waals surface area contributed by atoms with Crippen molar-refractivity contribution in [3.63, 3.8) is 0 Å². The Balaban J connectivity index is 1.77. The van der Waals surface area contributed by atoms with Crippen molar-refractivity contribution in [2.75, 3.05) is 14.2 Å². The normalized spacial score (nSPS) is 14.3. The maximum atomic E-state index is 14.0. The minimum atomic E-state index is -1.24. The van der Waals surface area contributed by atoms with Gasteiger partial charge in [-0.2, -0.15) is 4.98 Å². The van der Waals surface area contributed by atoms with Gasteiger partial charge in [0.2, 0.25) is 5.89 Å². The Bertz CT molecular complexity index is 759. The van der Waals surface area contributed by atoms with Crippen molar-refractivity contribution in [2.45, 2.75) is 31.7 Å². The molecule has 1 heterocycles. The summed E-state index contributed by atoms with van der Waals surface area (Å²) in [6.07, 6.45) is 3.17. The van der Waals surface area contributed by atoms with Crippen molar-refractivity contribution < 1.29 is 22.8 Å². The first-order valence-corrected chi connectivity index (χ1v) is 7.61. The minimum Gasteiger partial charge on any atom is -0.496 e. The smallest absolute Gasteiger partial charge is 0.260 e. The van der Waals surface area contributed by atoms with Crippen molar-refractivity contribution >= 4 is 5.91 Å². The van der Waals surface area contributed by atoms with Crippen molar-refractivity contribution in [2.24, 2.45) is 0 Å². The van der Waals surface area contributed by atoms with Gasteiger partial charge >= 0.3 is 0 Å². The highest BCUT2D eigenvalue weighted by Crippen LogP contribution is 2.35. The molecule has 0 radical (unpaired) electrons. The number of carbonyl (C=O) groups is 1. The molecule has 1 aliphatic carbocycles. The molecule has 0 spiro atoms. The summed E-state index contributed by atoms with van der Waals surface area (Å²) in [7, 11) is 2.74. The molecule has 2 aromatic rings. The molecule has 1 aliphatic rings. The maximum Gasteiger partial charge on any atom is 0.260 e. The molecule has 3 rings (SSSR count). The highest BCUT2D eigenvalue weighted by molar-refractivity contribution is 5.97. The Morgan fingerprint density at radius 3 is 2.79 bits per heavy atom. The summed E-state index contributed by atoms with van der Waals surface area (Å²) in [6, 6.07) is 2.12. The third-order valence-corrected chi connectivity index (χ3v) is 4.15. The number of nitrogens with zero attached hydrogens (tertiary/aromatic N) is 3. The largest absolute Gasteiger partial charge is 0.496 e. The highest BCUT2D eigenvalue weighted by atomic mass is 19.2. The predicted octanol–water partition coefficient (Wildman–Crippen LogP) is 2.90. The first-order chi connectivity index (χ1) is 11.5. The van der Waals surface area contributed by atoms with Gasteiger partial charge in [0, 0.05) is 13.0 Å². The van der Waals surface area contributed by atoms with Gasteiger partial charge in [-0.05, 0) is 25.0 Å². The molecule has 1 aromatic carbocycles. The van der Waals surface area contributed by atoms with E-state index in [1.807, 2.05) is 0 Å². The molecule has 1 fully saturated rings. The van der Waals surface area contributed by atoms with E-state index in [-0.39, 0.29) is 18.2 Å². The minimum absolute atomic E-state index is 0.0220. The summed E-state index contributed by atoms with van der Waals surface area (Å²) >= 11 is 0. The molecule has 6 nitrogen and oxygen atoms in total. The monoisotopic (exact) mass is 337 g/mol. The lowest BCUT2D eigenvalue weighted by Gasteiger charge is -2.20. The Kier molecular flexibility index (Phi) is 4.46. The van der Waals surface area contributed by atoms with Crippen LogP contribution in [0, 0.1) is 11.6 Å². The molecule has 0 atom stereocenters. The number of methoxy groups -OCH3 is 1. The zero-order chi connectivity index (χ0) is 17.3. The summed E-state index contributed by atoms with van der Waals surface area (Å²) in [4.78, 5) is 17.9. The summed E-state index contributed by atoms with van der Waals surface area (Å²) in [5.74, 6) is -1.94. The van der Waals surface area contributed by atoms with E-state index in [4.69, 9.17) is 9.26 Å². The van der Waals surface area contributed by atoms with Crippen LogP contribution in [0.3, 0.4) is 0 Å². The quantitative estimate of drug-likeness (QED) is 0.839. The van der Waals surface area contributed by atoms with Gasteiger partial charge in [-0.25, -0.2) is 8.78 Å². The Hall–Kier alpha value is -2.51. The van der Waals surface area contributed by atoms with Crippen LogP contribution in [0.15, 0.2) is 16.7 Å². The number of ether oxygens (including phenoxy) is 1. The van der Waals surface area contributed by atoms with Gasteiger partial charge in [0.15, 0.2) is 17.5 Å². The van der Waals surface area contributed by atoms with E-state index >= 15 is 0 Å². The fraction of sp³-hybridized carbons (Fsp3) is 0.438. The molecular weight excluding hydrogens is 320 g/mol. The predicted molar refractivity (Wildman–Crippen MR) is 79.6 cm³/mol. The van der Waals surface area contributed by atoms with Crippen LogP contribution in [-0.2, 0) is 6.54 Å². The van der Waals surface area contributed by atoms with Gasteiger partial charge in [0.05, 0.1) is 13.7 Å². The maximum absolute atomic E-state index is 14.0. The third kappa shape index (κ3) is 2.95. The van der Waals surface area contributed by atoms with E-state index in [1.54, 1.807) is 0 Å². The van der Waals surface area contributed by atoms with Crippen LogP contribution in [0.4, 0.5) is 8.78 Å². The lowest BCUT2D eigenvalue weighted by atomic mass is 9.85. The van der Waals surface area contributed by atoms with Gasteiger partial charge in [-0.1, -0.05) is 11.6 Å². The van der Waals surface area contributed by atoms with Crippen molar-refractivity contribution in [1.29, 1.82) is 0 Å². The van der Waals surface area contributed by atoms with Gasteiger partial charge in [0.1, 0.15) is 11.3 Å². The Labute approximate surface area is 137 Å². The van der Waals surface area contributed by atoms with E-state index in [0.29, 0.717) is 11.7 Å². The van der Waals surface area contributed by atoms with Gasteiger partial charge in [-0.3, -0.25) is 4.79 Å². The second-order valence-corrected chi connectivity index (χ2v) is 5.78. The Morgan fingerprint density at radius 2 is 2.17 bits per heavy atom. The van der Waals surface area contributed by atoms with Crippen LogP contribution >= 0.6 is 0 Å². The van der Waals surface area contributed by atoms with Crippen molar-refractivity contribution in [1.82, 2.24) is 15.0 Å². The second-order valence-electron chi connectivity index (χ2n) is 5.78. The van der Waals surface area contributed by atoms with Crippen LogP contribution in [0.5, 0.6) is 5.75 Å². The third-order valence-electron chi connectivity index (χ3n) is 4.15. The van der Waals surface area contributed by atoms with E-state index in [9.17, 15) is 13.6 Å². The number of rotatable bonds is 5. The lowest BCUT2D eigenvalue weighted by molar-refractivity contribution is 0.0771. The number of benzene rings is 1. The average molecular weight is 337 g/mol. The molecule has 0 N–H and O–H groups in total. The number of hydrogen-bond acceptors (Lipinski definition) is 5. The van der Waals surface area contributed by atoms with Gasteiger partial charge in [0.25, 0.3) is 5.91 Å². The van der Waals surface area contributed by atoms with Crippen LogP contribution in [0.25, 0.3) is 0 Å². The Morgan fingerprint density at radius 1 is 1.42 bits per heavy atom. The molecule has 1 amide bonds. The standard InChI is InChI=1S/C16H17F2N3O3/c1-21(8-12-19-15(24-20-12)9-4-3-5-9)16(22)13-11(23-2)7-6-10(17)14(13)18/h6-7,9H,3-5,8H2,1-2H3. The number of carbonyl (C=O) groups excluding carboxylic acids is 1. The molecule has 128 valence electrons. The summed E-state index contributed by atoms with van der Waals surface area (Å²) in [5, 5.41) is 3.84. The summed E-state index contributed by atoms with van der Waals surface area (Å²) in [5.41, 5.74) is -0.456. The molecule has 0 unspecified atom stereocenters. The van der Waals surface area contributed by atoms with Crippen LogP contribution in [0.1, 0.15) is 47.3 Å². The molecule has 0 aliphatic heterocycles. The number of halogens is 2. The number of aromatic nitrogens is 2. The van der Waals surface area contributed by atoms with Crippen LogP contribution in [-0.4, -0.2) is 35.1 Å². The number of amides is 1. The molecule has 8 heteroatoms. The second kappa shape index (κ2) is 6.54. The highest BCUT2D eigenvalue weighted by Gasteiger charge is 2.27. The molecule has 0 bridgehead atoms. The fourth-order valence-corrected chi connectivity index (χ4v) is 2.53. The van der Waals surface area contributed by atoms with Crippen LogP contribution in [0.2, 0.25) is 0 Å². The summed E-state index contributed by atoms with van der Waals surface area (Å²) < 4.78 is 37.6. The lowest BCUT2D eigenvalue weighted by Crippen LogP contribution is -2.28.